The van der Waals surface area contributed by atoms with Crippen molar-refractivity contribution in [3.05, 3.63) is 86.6 Å². The van der Waals surface area contributed by atoms with E-state index < -0.39 is 0 Å². The van der Waals surface area contributed by atoms with Crippen LogP contribution in [-0.2, 0) is 11.2 Å². The highest BCUT2D eigenvalue weighted by Crippen LogP contribution is 2.35. The third-order valence-electron chi connectivity index (χ3n) is 7.23. The number of nitrogens with zero attached hydrogens (tertiary/aromatic N) is 2. The number of fused-ring (bicyclic) bond motifs is 1. The van der Waals surface area contributed by atoms with E-state index in [1.807, 2.05) is 42.2 Å². The quantitative estimate of drug-likeness (QED) is 0.395. The molecule has 2 heterocycles. The predicted octanol–water partition coefficient (Wildman–Crippen LogP) is 5.73. The average molecular weight is 503 g/mol. The van der Waals surface area contributed by atoms with Gasteiger partial charge in [-0.05, 0) is 86.7 Å². The van der Waals surface area contributed by atoms with Crippen LogP contribution >= 0.6 is 11.3 Å². The Morgan fingerprint density at radius 2 is 1.78 bits per heavy atom. The molecule has 2 aromatic carbocycles. The van der Waals surface area contributed by atoms with Crippen molar-refractivity contribution in [1.29, 1.82) is 0 Å². The van der Waals surface area contributed by atoms with Gasteiger partial charge in [0, 0.05) is 23.5 Å². The van der Waals surface area contributed by atoms with E-state index in [0.29, 0.717) is 31.2 Å². The number of rotatable bonds is 8. The number of hydrogen-bond acceptors (Lipinski definition) is 4. The van der Waals surface area contributed by atoms with Gasteiger partial charge in [0.2, 0.25) is 5.91 Å². The van der Waals surface area contributed by atoms with Crippen LogP contribution in [-0.4, -0.2) is 47.9 Å². The molecule has 2 amide bonds. The summed E-state index contributed by atoms with van der Waals surface area (Å²) in [5.74, 6) is 1.27. The van der Waals surface area contributed by atoms with E-state index in [0.717, 1.165) is 36.1 Å². The van der Waals surface area contributed by atoms with Crippen LogP contribution < -0.4 is 4.74 Å². The van der Waals surface area contributed by atoms with Crippen molar-refractivity contribution < 1.29 is 14.3 Å². The lowest BCUT2D eigenvalue weighted by Crippen LogP contribution is -2.48. The molecule has 1 aliphatic carbocycles. The van der Waals surface area contributed by atoms with Crippen molar-refractivity contribution in [2.24, 2.45) is 5.92 Å². The summed E-state index contributed by atoms with van der Waals surface area (Å²) in [4.78, 5) is 32.1. The van der Waals surface area contributed by atoms with Crippen LogP contribution in [0.5, 0.6) is 5.75 Å². The monoisotopic (exact) mass is 502 g/mol. The smallest absolute Gasteiger partial charge is 0.254 e. The number of amides is 2. The fourth-order valence-electron chi connectivity index (χ4n) is 4.97. The highest BCUT2D eigenvalue weighted by Gasteiger charge is 2.35. The van der Waals surface area contributed by atoms with Gasteiger partial charge >= 0.3 is 0 Å². The van der Waals surface area contributed by atoms with Gasteiger partial charge in [-0.1, -0.05) is 35.4 Å². The minimum atomic E-state index is -0.162. The maximum Gasteiger partial charge on any atom is 0.254 e. The van der Waals surface area contributed by atoms with Gasteiger partial charge in [0.1, 0.15) is 18.9 Å². The van der Waals surface area contributed by atoms with Crippen LogP contribution in [0.3, 0.4) is 0 Å². The van der Waals surface area contributed by atoms with Crippen molar-refractivity contribution in [2.45, 2.75) is 46.1 Å². The molecule has 5 nitrogen and oxygen atoms in total. The minimum absolute atomic E-state index is 0.0119. The summed E-state index contributed by atoms with van der Waals surface area (Å²) in [5, 5.41) is 2.10. The summed E-state index contributed by atoms with van der Waals surface area (Å²) in [6, 6.07) is 15.8. The molecule has 0 saturated heterocycles. The highest BCUT2D eigenvalue weighted by molar-refractivity contribution is 7.10. The number of carbonyl (C=O) groups excluding carboxylic acids is 2. The van der Waals surface area contributed by atoms with Gasteiger partial charge in [-0.3, -0.25) is 9.59 Å². The molecule has 0 N–H and O–H groups in total. The molecule has 0 bridgehead atoms. The Hall–Kier alpha value is -3.12. The summed E-state index contributed by atoms with van der Waals surface area (Å²) >= 11 is 1.75. The van der Waals surface area contributed by atoms with E-state index in [-0.39, 0.29) is 24.4 Å². The lowest BCUT2D eigenvalue weighted by atomic mass is 10.00. The fraction of sp³-hybridized carbons (Fsp3) is 0.400. The summed E-state index contributed by atoms with van der Waals surface area (Å²) < 4.78 is 6.28. The zero-order valence-corrected chi connectivity index (χ0v) is 22.1. The Morgan fingerprint density at radius 1 is 1.03 bits per heavy atom. The van der Waals surface area contributed by atoms with E-state index in [1.54, 1.807) is 16.2 Å². The second kappa shape index (κ2) is 10.5. The van der Waals surface area contributed by atoms with Crippen molar-refractivity contribution >= 4 is 23.2 Å². The van der Waals surface area contributed by atoms with Crippen LogP contribution in [0.25, 0.3) is 0 Å². The van der Waals surface area contributed by atoms with Gasteiger partial charge in [-0.25, -0.2) is 0 Å². The maximum atomic E-state index is 13.7. The van der Waals surface area contributed by atoms with Crippen LogP contribution in [0, 0.1) is 26.7 Å². The number of aryl methyl sites for hydroxylation is 3. The van der Waals surface area contributed by atoms with Gasteiger partial charge in [-0.2, -0.15) is 0 Å². The van der Waals surface area contributed by atoms with Gasteiger partial charge < -0.3 is 14.5 Å². The average Bonchev–Trinajstić information content (AvgIpc) is 3.55. The molecule has 36 heavy (non-hydrogen) atoms. The molecule has 6 heteroatoms. The lowest BCUT2D eigenvalue weighted by molar-refractivity contribution is -0.135. The predicted molar refractivity (Wildman–Crippen MR) is 144 cm³/mol. The first-order chi connectivity index (χ1) is 17.4. The Labute approximate surface area is 217 Å². The second-order valence-electron chi connectivity index (χ2n) is 10.2. The third-order valence-corrected chi connectivity index (χ3v) is 8.23. The highest BCUT2D eigenvalue weighted by atomic mass is 32.1. The molecule has 1 aromatic heterocycles. The van der Waals surface area contributed by atoms with Gasteiger partial charge in [-0.15, -0.1) is 11.3 Å². The zero-order valence-electron chi connectivity index (χ0n) is 21.3. The lowest BCUT2D eigenvalue weighted by Gasteiger charge is -2.37. The Morgan fingerprint density at radius 3 is 2.50 bits per heavy atom. The first-order valence-corrected chi connectivity index (χ1v) is 13.7. The molecule has 1 aliphatic heterocycles. The molecule has 188 valence electrons. The molecular formula is C30H34N2O3S. The molecule has 1 saturated carbocycles. The van der Waals surface area contributed by atoms with Crippen LogP contribution in [0.1, 0.15) is 56.4 Å². The molecule has 1 fully saturated rings. The number of ether oxygens (including phenoxy) is 1. The Kier molecular flexibility index (Phi) is 7.15. The van der Waals surface area contributed by atoms with Crippen LogP contribution in [0.15, 0.2) is 53.9 Å². The summed E-state index contributed by atoms with van der Waals surface area (Å²) in [7, 11) is 0. The van der Waals surface area contributed by atoms with E-state index in [1.165, 1.54) is 16.0 Å². The number of carbonyl (C=O) groups is 2. The Bertz CT molecular complexity index is 1250. The molecule has 0 spiro atoms. The normalized spacial score (nSPS) is 17.0. The van der Waals surface area contributed by atoms with E-state index >= 15 is 0 Å². The topological polar surface area (TPSA) is 49.9 Å². The molecule has 1 unspecified atom stereocenters. The summed E-state index contributed by atoms with van der Waals surface area (Å²) in [6.07, 6.45) is 3.09. The van der Waals surface area contributed by atoms with Crippen LogP contribution in [0.4, 0.5) is 0 Å². The molecule has 1 atom stereocenters. The van der Waals surface area contributed by atoms with E-state index in [9.17, 15) is 9.59 Å². The SMILES string of the molecule is Cc1ccc(C(=O)N(CC(=O)N2CCc3sccc3C2COc2ccc(C)cc2C)CC2CC2)cc1. The van der Waals surface area contributed by atoms with E-state index in [2.05, 4.69) is 37.4 Å². The standard InChI is InChI=1S/C30H34N2O3S/c1-20-4-9-24(10-5-20)30(34)31(17-23-7-8-23)18-29(33)32-14-12-28-25(13-15-36-28)26(32)19-35-27-11-6-21(2)16-22(27)3/h4-6,9-11,13,15-16,23,26H,7-8,12,14,17-19H2,1-3H3. The number of benzene rings is 2. The first kappa shape index (κ1) is 24.6. The fourth-order valence-corrected chi connectivity index (χ4v) is 5.90. The number of thiophene rings is 1. The molecule has 3 aromatic rings. The second-order valence-corrected chi connectivity index (χ2v) is 11.2. The van der Waals surface area contributed by atoms with Crippen molar-refractivity contribution in [3.8, 4) is 5.75 Å². The van der Waals surface area contributed by atoms with Gasteiger partial charge in [0.25, 0.3) is 5.91 Å². The van der Waals surface area contributed by atoms with Gasteiger partial charge in [0.05, 0.1) is 6.04 Å². The van der Waals surface area contributed by atoms with Gasteiger partial charge in [0.15, 0.2) is 0 Å². The molecule has 2 aliphatic rings. The first-order valence-electron chi connectivity index (χ1n) is 12.8. The van der Waals surface area contributed by atoms with Crippen LogP contribution in [0.2, 0.25) is 0 Å². The summed E-state index contributed by atoms with van der Waals surface area (Å²) in [5.41, 5.74) is 5.21. The third kappa shape index (κ3) is 5.49. The van der Waals surface area contributed by atoms with Crippen molar-refractivity contribution in [1.82, 2.24) is 9.80 Å². The summed E-state index contributed by atoms with van der Waals surface area (Å²) in [6.45, 7) is 7.91. The molecule has 5 rings (SSSR count). The van der Waals surface area contributed by atoms with E-state index in [4.69, 9.17) is 4.74 Å². The Balaban J connectivity index is 1.34. The zero-order chi connectivity index (χ0) is 25.2. The molecule has 0 radical (unpaired) electrons. The minimum Gasteiger partial charge on any atom is -0.491 e. The molecular weight excluding hydrogens is 468 g/mol. The number of hydrogen-bond donors (Lipinski definition) is 0. The largest absolute Gasteiger partial charge is 0.491 e. The van der Waals surface area contributed by atoms with Crippen molar-refractivity contribution in [3.63, 3.8) is 0 Å². The maximum absolute atomic E-state index is 13.7. The van der Waals surface area contributed by atoms with Crippen molar-refractivity contribution in [2.75, 3.05) is 26.2 Å².